The first-order chi connectivity index (χ1) is 21.0. The Kier molecular flexibility index (Phi) is 9.75. The summed E-state index contributed by atoms with van der Waals surface area (Å²) in [5.74, 6) is 0.751. The lowest BCUT2D eigenvalue weighted by Crippen LogP contribution is -2.45. The maximum atomic E-state index is 13.9. The fraction of sp³-hybridized carbons (Fsp3) is 0.485. The van der Waals surface area contributed by atoms with Crippen molar-refractivity contribution in [3.05, 3.63) is 70.5 Å². The molecule has 1 aliphatic carbocycles. The van der Waals surface area contributed by atoms with Crippen molar-refractivity contribution in [2.75, 3.05) is 64.6 Å². The maximum absolute atomic E-state index is 13.9. The summed E-state index contributed by atoms with van der Waals surface area (Å²) < 4.78 is 47.4. The predicted molar refractivity (Wildman–Crippen MR) is 166 cm³/mol. The lowest BCUT2D eigenvalue weighted by Gasteiger charge is -2.38. The summed E-state index contributed by atoms with van der Waals surface area (Å²) in [5.41, 5.74) is 3.43. The number of nitrogens with one attached hydrogen (secondary N) is 1. The van der Waals surface area contributed by atoms with Gasteiger partial charge in [-0.1, -0.05) is 18.2 Å². The van der Waals surface area contributed by atoms with Crippen molar-refractivity contribution in [3.63, 3.8) is 0 Å². The molecule has 0 bridgehead atoms. The molecular formula is C33H41F3N6O2. The third kappa shape index (κ3) is 7.50. The van der Waals surface area contributed by atoms with E-state index in [2.05, 4.69) is 51.1 Å². The van der Waals surface area contributed by atoms with Crippen LogP contribution in [0.2, 0.25) is 0 Å². The molecule has 0 saturated carbocycles. The van der Waals surface area contributed by atoms with Crippen LogP contribution in [0.4, 0.5) is 30.5 Å². The normalized spacial score (nSPS) is 15.8. The molecule has 0 radical (unpaired) electrons. The molecule has 8 nitrogen and oxygen atoms in total. The average molecular weight is 611 g/mol. The average Bonchev–Trinajstić information content (AvgIpc) is 3.39. The molecule has 44 heavy (non-hydrogen) atoms. The quantitative estimate of drug-likeness (QED) is 0.319. The molecule has 1 N–H and O–H groups in total. The summed E-state index contributed by atoms with van der Waals surface area (Å²) >= 11 is 0. The van der Waals surface area contributed by atoms with E-state index in [1.807, 2.05) is 36.4 Å². The number of carbonyl (C=O) groups excluding carboxylic acids is 1. The van der Waals surface area contributed by atoms with Crippen molar-refractivity contribution < 1.29 is 22.7 Å². The fourth-order valence-corrected chi connectivity index (χ4v) is 6.15. The molecule has 2 aliphatic rings. The number of ketones is 1. The summed E-state index contributed by atoms with van der Waals surface area (Å²) in [6, 6.07) is 12.0. The molecule has 2 aromatic carbocycles. The Balaban J connectivity index is 1.28. The van der Waals surface area contributed by atoms with Crippen molar-refractivity contribution in [2.24, 2.45) is 0 Å². The number of halogens is 3. The number of carbonyl (C=O) groups is 1. The van der Waals surface area contributed by atoms with Gasteiger partial charge in [0, 0.05) is 63.0 Å². The number of benzene rings is 2. The Bertz CT molecular complexity index is 1470. The van der Waals surface area contributed by atoms with Crippen LogP contribution in [0.1, 0.15) is 40.8 Å². The molecule has 0 unspecified atom stereocenters. The number of hydrogen-bond acceptors (Lipinski definition) is 8. The minimum absolute atomic E-state index is 0.0625. The minimum Gasteiger partial charge on any atom is -0.494 e. The van der Waals surface area contributed by atoms with Crippen LogP contribution in [0.25, 0.3) is 0 Å². The monoisotopic (exact) mass is 610 g/mol. The largest absolute Gasteiger partial charge is 0.494 e. The molecule has 0 amide bonds. The van der Waals surface area contributed by atoms with Gasteiger partial charge in [-0.25, -0.2) is 9.97 Å². The standard InChI is InChI=1S/C33H41F3N6O2/c1-40(2)16-17-41(3)24-12-14-42(15-13-24)25-9-11-30(31(19-25)44-4)39-32-37-21-28(33(34,35)36)29(38-32)10-8-22-6-5-7-23-18-26(43)20-27(22)23/h5-7,9,11,19,21,24H,8,10,12-18,20H2,1-4H3,(H,37,38,39). The number of fused-ring (bicyclic) bond motifs is 1. The highest BCUT2D eigenvalue weighted by atomic mass is 19.4. The molecule has 3 aromatic rings. The molecule has 1 aromatic heterocycles. The van der Waals surface area contributed by atoms with Crippen molar-refractivity contribution in [1.29, 1.82) is 0 Å². The Morgan fingerprint density at radius 2 is 1.82 bits per heavy atom. The molecule has 11 heteroatoms. The van der Waals surface area contributed by atoms with Crippen molar-refractivity contribution in [3.8, 4) is 5.75 Å². The van der Waals surface area contributed by atoms with Gasteiger partial charge in [-0.15, -0.1) is 0 Å². The Morgan fingerprint density at radius 1 is 1.05 bits per heavy atom. The topological polar surface area (TPSA) is 73.8 Å². The number of nitrogens with zero attached hydrogens (tertiary/aromatic N) is 5. The summed E-state index contributed by atoms with van der Waals surface area (Å²) in [6.45, 7) is 3.92. The van der Waals surface area contributed by atoms with Gasteiger partial charge in [0.2, 0.25) is 5.95 Å². The highest BCUT2D eigenvalue weighted by Gasteiger charge is 2.35. The van der Waals surface area contributed by atoms with E-state index >= 15 is 0 Å². The summed E-state index contributed by atoms with van der Waals surface area (Å²) in [4.78, 5) is 27.3. The molecular weight excluding hydrogens is 569 g/mol. The Hall–Kier alpha value is -3.70. The molecule has 1 saturated heterocycles. The van der Waals surface area contributed by atoms with Gasteiger partial charge in [0.05, 0.1) is 24.1 Å². The van der Waals surface area contributed by atoms with Crippen molar-refractivity contribution in [2.45, 2.75) is 50.7 Å². The smallest absolute Gasteiger partial charge is 0.419 e. The molecule has 1 fully saturated rings. The van der Waals surface area contributed by atoms with Crippen LogP contribution in [-0.4, -0.2) is 86.0 Å². The molecule has 1 aliphatic heterocycles. The van der Waals surface area contributed by atoms with Crippen molar-refractivity contribution >= 4 is 23.1 Å². The number of rotatable bonds is 11. The zero-order chi connectivity index (χ0) is 31.4. The predicted octanol–water partition coefficient (Wildman–Crippen LogP) is 5.16. The second-order valence-corrected chi connectivity index (χ2v) is 12.0. The number of aromatic nitrogens is 2. The first-order valence-corrected chi connectivity index (χ1v) is 15.1. The van der Waals surface area contributed by atoms with E-state index in [4.69, 9.17) is 4.74 Å². The third-order valence-electron chi connectivity index (χ3n) is 8.72. The summed E-state index contributed by atoms with van der Waals surface area (Å²) in [7, 11) is 7.94. The van der Waals surface area contributed by atoms with Gasteiger partial charge < -0.3 is 24.8 Å². The Morgan fingerprint density at radius 3 is 2.52 bits per heavy atom. The minimum atomic E-state index is -4.59. The van der Waals surface area contributed by atoms with Gasteiger partial charge in [0.25, 0.3) is 0 Å². The van der Waals surface area contributed by atoms with E-state index in [9.17, 15) is 18.0 Å². The van der Waals surface area contributed by atoms with Crippen LogP contribution >= 0.6 is 0 Å². The van der Waals surface area contributed by atoms with Gasteiger partial charge in [0.15, 0.2) is 0 Å². The van der Waals surface area contributed by atoms with Crippen LogP contribution in [0.3, 0.4) is 0 Å². The van der Waals surface area contributed by atoms with Gasteiger partial charge in [-0.3, -0.25) is 4.79 Å². The van der Waals surface area contributed by atoms with E-state index in [0.29, 0.717) is 36.7 Å². The lowest BCUT2D eigenvalue weighted by molar-refractivity contribution is -0.138. The number of ether oxygens (including phenoxy) is 1. The fourth-order valence-electron chi connectivity index (χ4n) is 6.15. The molecule has 0 spiro atoms. The van der Waals surface area contributed by atoms with E-state index in [-0.39, 0.29) is 23.8 Å². The SMILES string of the molecule is COc1cc(N2CCC(N(C)CCN(C)C)CC2)ccc1Nc1ncc(C(F)(F)F)c(CCc2cccc3c2CC(=O)C3)n1. The summed E-state index contributed by atoms with van der Waals surface area (Å²) in [5, 5.41) is 3.08. The zero-order valence-electron chi connectivity index (χ0n) is 25.9. The van der Waals surface area contributed by atoms with Crippen LogP contribution in [0, 0.1) is 0 Å². The van der Waals surface area contributed by atoms with E-state index in [0.717, 1.165) is 67.6 Å². The number of hydrogen-bond donors (Lipinski definition) is 1. The number of anilines is 3. The van der Waals surface area contributed by atoms with Crippen LogP contribution < -0.4 is 15.0 Å². The highest BCUT2D eigenvalue weighted by molar-refractivity contribution is 5.88. The van der Waals surface area contributed by atoms with Crippen LogP contribution in [0.5, 0.6) is 5.75 Å². The van der Waals surface area contributed by atoms with Gasteiger partial charge >= 0.3 is 6.18 Å². The van der Waals surface area contributed by atoms with E-state index in [1.165, 1.54) is 0 Å². The highest BCUT2D eigenvalue weighted by Crippen LogP contribution is 2.35. The second-order valence-electron chi connectivity index (χ2n) is 12.0. The number of piperidine rings is 1. The molecule has 2 heterocycles. The van der Waals surface area contributed by atoms with Crippen LogP contribution in [-0.2, 0) is 36.7 Å². The zero-order valence-corrected chi connectivity index (χ0v) is 25.9. The number of likely N-dealkylation sites (N-methyl/N-ethyl adjacent to an activating group) is 2. The molecule has 236 valence electrons. The Labute approximate surface area is 257 Å². The van der Waals surface area contributed by atoms with E-state index < -0.39 is 11.7 Å². The second kappa shape index (κ2) is 13.5. The number of Topliss-reactive ketones (excluding diaryl/α,β-unsaturated/α-hetero) is 1. The number of alkyl halides is 3. The first kappa shape index (κ1) is 31.7. The van der Waals surface area contributed by atoms with Gasteiger partial charge in [0.1, 0.15) is 11.5 Å². The lowest BCUT2D eigenvalue weighted by atomic mass is 9.98. The number of aryl methyl sites for hydroxylation is 2. The molecule has 5 rings (SSSR count). The van der Waals surface area contributed by atoms with Crippen LogP contribution in [0.15, 0.2) is 42.6 Å². The van der Waals surface area contributed by atoms with Gasteiger partial charge in [-0.05, 0) is 75.6 Å². The van der Waals surface area contributed by atoms with Gasteiger partial charge in [-0.2, -0.15) is 13.2 Å². The maximum Gasteiger partial charge on any atom is 0.419 e. The molecule has 0 atom stereocenters. The summed E-state index contributed by atoms with van der Waals surface area (Å²) in [6.07, 6.45) is -0.502. The van der Waals surface area contributed by atoms with E-state index in [1.54, 1.807) is 7.11 Å². The third-order valence-corrected chi connectivity index (χ3v) is 8.72. The number of methoxy groups -OCH3 is 1. The van der Waals surface area contributed by atoms with Crippen molar-refractivity contribution in [1.82, 2.24) is 19.8 Å². The first-order valence-electron chi connectivity index (χ1n) is 15.1.